The van der Waals surface area contributed by atoms with E-state index in [1.54, 1.807) is 11.0 Å². The van der Waals surface area contributed by atoms with Gasteiger partial charge in [0.1, 0.15) is 5.82 Å². The van der Waals surface area contributed by atoms with E-state index in [4.69, 9.17) is 11.6 Å². The molecular weight excluding hydrogens is 293 g/mol. The molecule has 1 unspecified atom stereocenters. The van der Waals surface area contributed by atoms with Crippen molar-refractivity contribution in [2.45, 2.75) is 13.3 Å². The maximum atomic E-state index is 11.8. The third-order valence-electron chi connectivity index (χ3n) is 2.51. The van der Waals surface area contributed by atoms with Gasteiger partial charge in [-0.1, -0.05) is 15.9 Å². The first-order valence-corrected chi connectivity index (χ1v) is 6.47. The van der Waals surface area contributed by atoms with Crippen molar-refractivity contribution in [1.82, 2.24) is 9.97 Å². The Balaban J connectivity index is 2.27. The molecule has 0 N–H and O–H groups in total. The highest BCUT2D eigenvalue weighted by molar-refractivity contribution is 9.09. The molecule has 4 nitrogen and oxygen atoms in total. The highest BCUT2D eigenvalue weighted by atomic mass is 79.9. The molecule has 1 amide bonds. The molecule has 1 saturated heterocycles. The van der Waals surface area contributed by atoms with Crippen molar-refractivity contribution in [2.75, 3.05) is 16.8 Å². The highest BCUT2D eigenvalue weighted by Crippen LogP contribution is 2.25. The Bertz CT molecular complexity index is 406. The van der Waals surface area contributed by atoms with E-state index >= 15 is 0 Å². The summed E-state index contributed by atoms with van der Waals surface area (Å²) in [4.78, 5) is 21.5. The van der Waals surface area contributed by atoms with Crippen LogP contribution in [0.5, 0.6) is 0 Å². The molecule has 1 atom stereocenters. The van der Waals surface area contributed by atoms with Crippen molar-refractivity contribution < 1.29 is 4.79 Å². The summed E-state index contributed by atoms with van der Waals surface area (Å²) in [5.41, 5.74) is 0.769. The van der Waals surface area contributed by atoms with Gasteiger partial charge in [-0.2, -0.15) is 0 Å². The molecule has 0 spiro atoms. The summed E-state index contributed by atoms with van der Waals surface area (Å²) in [7, 11) is 0. The number of alkyl halides is 1. The third kappa shape index (κ3) is 2.35. The van der Waals surface area contributed by atoms with Gasteiger partial charge in [0.15, 0.2) is 0 Å². The smallest absolute Gasteiger partial charge is 0.228 e. The molecule has 2 rings (SSSR count). The molecule has 86 valence electrons. The minimum absolute atomic E-state index is 0.0959. The van der Waals surface area contributed by atoms with Crippen molar-refractivity contribution in [3.05, 3.63) is 17.0 Å². The molecule has 0 aromatic carbocycles. The second-order valence-electron chi connectivity index (χ2n) is 3.87. The Morgan fingerprint density at radius 1 is 1.62 bits per heavy atom. The number of amides is 1. The zero-order valence-electron chi connectivity index (χ0n) is 8.78. The summed E-state index contributed by atoms with van der Waals surface area (Å²) >= 11 is 9.17. The van der Waals surface area contributed by atoms with Gasteiger partial charge in [0.25, 0.3) is 0 Å². The Hall–Kier alpha value is -0.680. The molecule has 1 fully saturated rings. The Morgan fingerprint density at radius 2 is 2.38 bits per heavy atom. The largest absolute Gasteiger partial charge is 0.296 e. The maximum absolute atomic E-state index is 11.8. The lowest BCUT2D eigenvalue weighted by atomic mass is 10.2. The van der Waals surface area contributed by atoms with Gasteiger partial charge in [-0.25, -0.2) is 9.97 Å². The van der Waals surface area contributed by atoms with Gasteiger partial charge in [-0.05, 0) is 24.4 Å². The average Bonchev–Trinajstić information content (AvgIpc) is 2.58. The number of hydrogen-bond donors (Lipinski definition) is 0. The summed E-state index contributed by atoms with van der Waals surface area (Å²) in [5.74, 6) is 1.05. The predicted molar refractivity (Wildman–Crippen MR) is 66.0 cm³/mol. The monoisotopic (exact) mass is 303 g/mol. The van der Waals surface area contributed by atoms with Gasteiger partial charge >= 0.3 is 0 Å². The summed E-state index contributed by atoms with van der Waals surface area (Å²) < 4.78 is 0. The first-order valence-electron chi connectivity index (χ1n) is 4.97. The van der Waals surface area contributed by atoms with Crippen molar-refractivity contribution in [3.63, 3.8) is 0 Å². The molecule has 0 bridgehead atoms. The minimum Gasteiger partial charge on any atom is -0.296 e. The standard InChI is InChI=1S/C10H11BrClN3O/c1-6-2-8(14-10(12)13-6)15-5-7(4-11)3-9(15)16/h2,7H,3-5H2,1H3. The van der Waals surface area contributed by atoms with Crippen molar-refractivity contribution in [3.8, 4) is 0 Å². The fraction of sp³-hybridized carbons (Fsp3) is 0.500. The van der Waals surface area contributed by atoms with Crippen molar-refractivity contribution in [2.24, 2.45) is 5.92 Å². The van der Waals surface area contributed by atoms with E-state index in [0.717, 1.165) is 11.0 Å². The molecule has 1 aliphatic heterocycles. The summed E-state index contributed by atoms with van der Waals surface area (Å²) in [5, 5.41) is 1.01. The first-order chi connectivity index (χ1) is 7.60. The Morgan fingerprint density at radius 3 is 2.94 bits per heavy atom. The quantitative estimate of drug-likeness (QED) is 0.621. The van der Waals surface area contributed by atoms with E-state index in [0.29, 0.717) is 24.7 Å². The number of carbonyl (C=O) groups is 1. The number of aryl methyl sites for hydroxylation is 1. The highest BCUT2D eigenvalue weighted by Gasteiger charge is 2.30. The van der Waals surface area contributed by atoms with Crippen LogP contribution < -0.4 is 4.90 Å². The normalized spacial score (nSPS) is 20.6. The van der Waals surface area contributed by atoms with Crippen LogP contribution in [0.15, 0.2) is 6.07 Å². The fourth-order valence-electron chi connectivity index (χ4n) is 1.76. The van der Waals surface area contributed by atoms with E-state index in [1.165, 1.54) is 0 Å². The molecule has 1 aromatic rings. The number of nitrogens with zero attached hydrogens (tertiary/aromatic N) is 3. The second-order valence-corrected chi connectivity index (χ2v) is 4.85. The number of anilines is 1. The summed E-state index contributed by atoms with van der Waals surface area (Å²) in [6, 6.07) is 1.78. The fourth-order valence-corrected chi connectivity index (χ4v) is 2.41. The van der Waals surface area contributed by atoms with Crippen LogP contribution in [0, 0.1) is 12.8 Å². The van der Waals surface area contributed by atoms with Gasteiger partial charge in [-0.3, -0.25) is 9.69 Å². The van der Waals surface area contributed by atoms with Crippen molar-refractivity contribution in [1.29, 1.82) is 0 Å². The topological polar surface area (TPSA) is 46.1 Å². The lowest BCUT2D eigenvalue weighted by molar-refractivity contribution is -0.117. The Kier molecular flexibility index (Phi) is 3.44. The molecule has 1 aromatic heterocycles. The van der Waals surface area contributed by atoms with Crippen LogP contribution in [0.3, 0.4) is 0 Å². The molecule has 1 aliphatic rings. The van der Waals surface area contributed by atoms with E-state index in [2.05, 4.69) is 25.9 Å². The van der Waals surface area contributed by atoms with Crippen LogP contribution in [-0.2, 0) is 4.79 Å². The van der Waals surface area contributed by atoms with Crippen LogP contribution in [-0.4, -0.2) is 27.7 Å². The van der Waals surface area contributed by atoms with Gasteiger partial charge in [-0.15, -0.1) is 0 Å². The van der Waals surface area contributed by atoms with E-state index in [9.17, 15) is 4.79 Å². The van der Waals surface area contributed by atoms with Crippen LogP contribution in [0.1, 0.15) is 12.1 Å². The summed E-state index contributed by atoms with van der Waals surface area (Å²) in [6.45, 7) is 2.52. The first kappa shape index (κ1) is 11.8. The number of halogens is 2. The van der Waals surface area contributed by atoms with Gasteiger partial charge in [0.05, 0.1) is 0 Å². The summed E-state index contributed by atoms with van der Waals surface area (Å²) in [6.07, 6.45) is 0.561. The molecule has 16 heavy (non-hydrogen) atoms. The molecule has 6 heteroatoms. The maximum Gasteiger partial charge on any atom is 0.228 e. The van der Waals surface area contributed by atoms with Crippen LogP contribution in [0.2, 0.25) is 5.28 Å². The van der Waals surface area contributed by atoms with Crippen molar-refractivity contribution >= 4 is 39.3 Å². The lowest BCUT2D eigenvalue weighted by Crippen LogP contribution is -2.26. The number of rotatable bonds is 2. The lowest BCUT2D eigenvalue weighted by Gasteiger charge is -2.15. The number of hydrogen-bond acceptors (Lipinski definition) is 3. The number of carbonyl (C=O) groups excluding carboxylic acids is 1. The van der Waals surface area contributed by atoms with E-state index in [-0.39, 0.29) is 11.2 Å². The van der Waals surface area contributed by atoms with E-state index in [1.807, 2.05) is 6.92 Å². The molecular formula is C10H11BrClN3O. The molecule has 0 radical (unpaired) electrons. The van der Waals surface area contributed by atoms with Crippen LogP contribution in [0.25, 0.3) is 0 Å². The van der Waals surface area contributed by atoms with Gasteiger partial charge in [0.2, 0.25) is 11.2 Å². The van der Waals surface area contributed by atoms with Gasteiger partial charge in [0, 0.05) is 30.1 Å². The molecule has 0 aliphatic carbocycles. The Labute approximate surface area is 107 Å². The molecule has 0 saturated carbocycles. The average molecular weight is 305 g/mol. The SMILES string of the molecule is Cc1cc(N2CC(CBr)CC2=O)nc(Cl)n1. The third-order valence-corrected chi connectivity index (χ3v) is 3.60. The number of aromatic nitrogens is 2. The van der Waals surface area contributed by atoms with Crippen LogP contribution in [0.4, 0.5) is 5.82 Å². The predicted octanol–water partition coefficient (Wildman–Crippen LogP) is 2.19. The molecule has 2 heterocycles. The zero-order valence-corrected chi connectivity index (χ0v) is 11.1. The minimum atomic E-state index is 0.0959. The zero-order chi connectivity index (χ0) is 11.7. The van der Waals surface area contributed by atoms with E-state index < -0.39 is 0 Å². The van der Waals surface area contributed by atoms with Gasteiger partial charge < -0.3 is 0 Å². The second kappa shape index (κ2) is 4.67. The van der Waals surface area contributed by atoms with Crippen LogP contribution >= 0.6 is 27.5 Å².